The Morgan fingerprint density at radius 3 is 2.43 bits per heavy atom. The number of hydrogen-bond donors (Lipinski definition) is 1. The van der Waals surface area contributed by atoms with Crippen LogP contribution in [0.2, 0.25) is 0 Å². The minimum atomic E-state index is 0.217. The second-order valence-corrected chi connectivity index (χ2v) is 3.02. The minimum absolute atomic E-state index is 0.217. The molecule has 78 valence electrons. The van der Waals surface area contributed by atoms with Gasteiger partial charge in [0.05, 0.1) is 14.2 Å². The predicted molar refractivity (Wildman–Crippen MR) is 55.0 cm³/mol. The smallest absolute Gasteiger partial charge is 0.160 e. The van der Waals surface area contributed by atoms with Gasteiger partial charge in [0.1, 0.15) is 0 Å². The molecule has 0 heterocycles. The quantitative estimate of drug-likeness (QED) is 0.777. The number of rotatable bonds is 5. The number of hydrogen-bond acceptors (Lipinski definition) is 3. The maximum Gasteiger partial charge on any atom is 0.160 e. The molecular formula is C11H16O3. The summed E-state index contributed by atoms with van der Waals surface area (Å²) in [5, 5.41) is 8.70. The molecule has 0 amide bonds. The maximum absolute atomic E-state index is 8.70. The first-order chi connectivity index (χ1) is 6.81. The zero-order chi connectivity index (χ0) is 10.4. The van der Waals surface area contributed by atoms with Crippen molar-refractivity contribution in [1.29, 1.82) is 0 Å². The Hall–Kier alpha value is -1.22. The highest BCUT2D eigenvalue weighted by atomic mass is 16.5. The number of aryl methyl sites for hydroxylation is 1. The van der Waals surface area contributed by atoms with Crippen LogP contribution >= 0.6 is 0 Å². The van der Waals surface area contributed by atoms with Crippen LogP contribution in [0.4, 0.5) is 0 Å². The van der Waals surface area contributed by atoms with E-state index in [0.717, 1.165) is 29.9 Å². The molecule has 0 fully saturated rings. The third-order valence-corrected chi connectivity index (χ3v) is 2.07. The van der Waals surface area contributed by atoms with Crippen molar-refractivity contribution in [3.8, 4) is 11.5 Å². The lowest BCUT2D eigenvalue weighted by atomic mass is 10.1. The van der Waals surface area contributed by atoms with Crippen molar-refractivity contribution in [2.75, 3.05) is 20.8 Å². The predicted octanol–water partition coefficient (Wildman–Crippen LogP) is 1.63. The van der Waals surface area contributed by atoms with Crippen LogP contribution in [0.3, 0.4) is 0 Å². The molecule has 0 aliphatic carbocycles. The van der Waals surface area contributed by atoms with Gasteiger partial charge in [-0.3, -0.25) is 0 Å². The molecule has 0 saturated heterocycles. The number of aliphatic hydroxyl groups excluding tert-OH is 1. The minimum Gasteiger partial charge on any atom is -0.493 e. The zero-order valence-corrected chi connectivity index (χ0v) is 8.62. The van der Waals surface area contributed by atoms with Crippen molar-refractivity contribution < 1.29 is 14.6 Å². The van der Waals surface area contributed by atoms with E-state index in [1.165, 1.54) is 0 Å². The van der Waals surface area contributed by atoms with Crippen LogP contribution < -0.4 is 9.47 Å². The topological polar surface area (TPSA) is 38.7 Å². The van der Waals surface area contributed by atoms with E-state index >= 15 is 0 Å². The Morgan fingerprint density at radius 2 is 1.86 bits per heavy atom. The fraction of sp³-hybridized carbons (Fsp3) is 0.455. The van der Waals surface area contributed by atoms with Gasteiger partial charge in [-0.15, -0.1) is 0 Å². The van der Waals surface area contributed by atoms with E-state index in [4.69, 9.17) is 14.6 Å². The number of ether oxygens (including phenoxy) is 2. The largest absolute Gasteiger partial charge is 0.493 e. The molecule has 0 radical (unpaired) electrons. The van der Waals surface area contributed by atoms with Crippen molar-refractivity contribution in [2.45, 2.75) is 12.8 Å². The van der Waals surface area contributed by atoms with Crippen LogP contribution in [0.1, 0.15) is 12.0 Å². The second kappa shape index (κ2) is 5.50. The van der Waals surface area contributed by atoms with Gasteiger partial charge in [-0.05, 0) is 30.5 Å². The lowest BCUT2D eigenvalue weighted by molar-refractivity contribution is 0.288. The molecule has 0 saturated carbocycles. The molecule has 0 bridgehead atoms. The summed E-state index contributed by atoms with van der Waals surface area (Å²) in [4.78, 5) is 0. The van der Waals surface area contributed by atoms with Crippen molar-refractivity contribution in [1.82, 2.24) is 0 Å². The van der Waals surface area contributed by atoms with Crippen molar-refractivity contribution in [2.24, 2.45) is 0 Å². The summed E-state index contributed by atoms with van der Waals surface area (Å²) >= 11 is 0. The molecule has 1 aromatic rings. The summed E-state index contributed by atoms with van der Waals surface area (Å²) < 4.78 is 10.3. The van der Waals surface area contributed by atoms with Crippen LogP contribution in [-0.4, -0.2) is 25.9 Å². The summed E-state index contributed by atoms with van der Waals surface area (Å²) in [6.45, 7) is 0.217. The molecule has 0 unspecified atom stereocenters. The van der Waals surface area contributed by atoms with Crippen molar-refractivity contribution in [3.63, 3.8) is 0 Å². The molecular weight excluding hydrogens is 180 g/mol. The lowest BCUT2D eigenvalue weighted by Crippen LogP contribution is -1.94. The molecule has 3 heteroatoms. The van der Waals surface area contributed by atoms with Gasteiger partial charge in [-0.25, -0.2) is 0 Å². The van der Waals surface area contributed by atoms with Gasteiger partial charge in [-0.1, -0.05) is 6.07 Å². The zero-order valence-electron chi connectivity index (χ0n) is 8.62. The standard InChI is InChI=1S/C11H16O3/c1-13-10-6-5-9(4-3-7-12)8-11(10)14-2/h5-6,8,12H,3-4,7H2,1-2H3. The van der Waals surface area contributed by atoms with Crippen LogP contribution in [0.15, 0.2) is 18.2 Å². The highest BCUT2D eigenvalue weighted by Gasteiger charge is 2.03. The van der Waals surface area contributed by atoms with Gasteiger partial charge in [0.2, 0.25) is 0 Å². The molecule has 0 aliphatic rings. The van der Waals surface area contributed by atoms with Crippen LogP contribution in [0.25, 0.3) is 0 Å². The molecule has 1 aromatic carbocycles. The summed E-state index contributed by atoms with van der Waals surface area (Å²) in [7, 11) is 3.24. The molecule has 14 heavy (non-hydrogen) atoms. The molecule has 0 atom stereocenters. The first-order valence-corrected chi connectivity index (χ1v) is 4.63. The van der Waals surface area contributed by atoms with Crippen molar-refractivity contribution in [3.05, 3.63) is 23.8 Å². The van der Waals surface area contributed by atoms with E-state index in [9.17, 15) is 0 Å². The van der Waals surface area contributed by atoms with E-state index in [0.29, 0.717) is 0 Å². The first kappa shape index (κ1) is 10.9. The van der Waals surface area contributed by atoms with Gasteiger partial charge >= 0.3 is 0 Å². The monoisotopic (exact) mass is 196 g/mol. The molecule has 3 nitrogen and oxygen atoms in total. The van der Waals surface area contributed by atoms with Gasteiger partial charge in [0.15, 0.2) is 11.5 Å². The average molecular weight is 196 g/mol. The third-order valence-electron chi connectivity index (χ3n) is 2.07. The Balaban J connectivity index is 2.79. The maximum atomic E-state index is 8.70. The van der Waals surface area contributed by atoms with Crippen LogP contribution in [0.5, 0.6) is 11.5 Å². The molecule has 0 aliphatic heterocycles. The van der Waals surface area contributed by atoms with Crippen LogP contribution in [0, 0.1) is 0 Å². The summed E-state index contributed by atoms with van der Waals surface area (Å²) in [5.74, 6) is 1.48. The fourth-order valence-electron chi connectivity index (χ4n) is 1.32. The lowest BCUT2D eigenvalue weighted by Gasteiger charge is -2.08. The second-order valence-electron chi connectivity index (χ2n) is 3.02. The number of benzene rings is 1. The molecule has 1 rings (SSSR count). The summed E-state index contributed by atoms with van der Waals surface area (Å²) in [6, 6.07) is 5.80. The molecule has 0 spiro atoms. The third kappa shape index (κ3) is 2.64. The average Bonchev–Trinajstić information content (AvgIpc) is 2.25. The fourth-order valence-corrected chi connectivity index (χ4v) is 1.32. The Bertz CT molecular complexity index is 284. The van der Waals surface area contributed by atoms with Crippen LogP contribution in [-0.2, 0) is 6.42 Å². The number of aliphatic hydroxyl groups is 1. The van der Waals surface area contributed by atoms with Gasteiger partial charge in [-0.2, -0.15) is 0 Å². The van der Waals surface area contributed by atoms with E-state index in [-0.39, 0.29) is 6.61 Å². The molecule has 0 aromatic heterocycles. The highest BCUT2D eigenvalue weighted by molar-refractivity contribution is 5.42. The summed E-state index contributed by atoms with van der Waals surface area (Å²) in [5.41, 5.74) is 1.15. The van der Waals surface area contributed by atoms with E-state index in [1.54, 1.807) is 14.2 Å². The van der Waals surface area contributed by atoms with E-state index in [2.05, 4.69) is 0 Å². The van der Waals surface area contributed by atoms with E-state index < -0.39 is 0 Å². The van der Waals surface area contributed by atoms with Gasteiger partial charge < -0.3 is 14.6 Å². The Kier molecular flexibility index (Phi) is 4.26. The molecule has 1 N–H and O–H groups in total. The SMILES string of the molecule is COc1ccc(CCCO)cc1OC. The van der Waals surface area contributed by atoms with E-state index in [1.807, 2.05) is 18.2 Å². The summed E-state index contributed by atoms with van der Waals surface area (Å²) in [6.07, 6.45) is 1.63. The van der Waals surface area contributed by atoms with Crippen molar-refractivity contribution >= 4 is 0 Å². The Morgan fingerprint density at radius 1 is 1.14 bits per heavy atom. The Labute approximate surface area is 84.3 Å². The number of methoxy groups -OCH3 is 2. The van der Waals surface area contributed by atoms with Gasteiger partial charge in [0, 0.05) is 6.61 Å². The van der Waals surface area contributed by atoms with Gasteiger partial charge in [0.25, 0.3) is 0 Å². The first-order valence-electron chi connectivity index (χ1n) is 4.63. The normalized spacial score (nSPS) is 9.93. The highest BCUT2D eigenvalue weighted by Crippen LogP contribution is 2.27.